The van der Waals surface area contributed by atoms with Gasteiger partial charge in [-0.2, -0.15) is 10.4 Å². The fourth-order valence-electron chi connectivity index (χ4n) is 0.492. The van der Waals surface area contributed by atoms with E-state index in [1.165, 1.54) is 0 Å². The Balaban J connectivity index is 3.48. The molecule has 12 heavy (non-hydrogen) atoms. The molecule has 4 nitrogen and oxygen atoms in total. The number of nitrogens with zero attached hydrogens (tertiary/aromatic N) is 2. The highest BCUT2D eigenvalue weighted by Crippen LogP contribution is 1.94. The quantitative estimate of drug-likeness (QED) is 0.502. The summed E-state index contributed by atoms with van der Waals surface area (Å²) >= 11 is 0. The molecule has 0 atom stereocenters. The molecule has 0 radical (unpaired) electrons. The molecule has 0 rings (SSSR count). The van der Waals surface area contributed by atoms with Gasteiger partial charge in [0.2, 0.25) is 0 Å². The minimum absolute atomic E-state index is 0.140. The smallest absolute Gasteiger partial charge is 0.254 e. The monoisotopic (exact) mass is 167 g/mol. The maximum atomic E-state index is 10.6. The van der Waals surface area contributed by atoms with Crippen molar-refractivity contribution >= 4 is 12.1 Å². The molecule has 4 heteroatoms. The highest BCUT2D eigenvalue weighted by atomic mass is 16.2. The van der Waals surface area contributed by atoms with Crippen molar-refractivity contribution in [1.82, 2.24) is 5.43 Å². The van der Waals surface area contributed by atoms with Gasteiger partial charge in [-0.25, -0.2) is 5.43 Å². The zero-order valence-corrected chi connectivity index (χ0v) is 7.37. The van der Waals surface area contributed by atoms with E-state index in [1.54, 1.807) is 12.3 Å². The summed E-state index contributed by atoms with van der Waals surface area (Å²) in [5, 5.41) is 11.8. The maximum absolute atomic E-state index is 10.6. The third-order valence-corrected chi connectivity index (χ3v) is 1.10. The van der Waals surface area contributed by atoms with E-state index >= 15 is 0 Å². The Kier molecular flexibility index (Phi) is 5.62. The molecule has 0 aromatic heterocycles. The Morgan fingerprint density at radius 1 is 1.75 bits per heavy atom. The van der Waals surface area contributed by atoms with Crippen LogP contribution in [0.5, 0.6) is 0 Å². The molecule has 1 N–H and O–H groups in total. The Morgan fingerprint density at radius 2 is 2.42 bits per heavy atom. The van der Waals surface area contributed by atoms with E-state index in [4.69, 9.17) is 5.26 Å². The average Bonchev–Trinajstić information content (AvgIpc) is 1.98. The van der Waals surface area contributed by atoms with E-state index in [2.05, 4.69) is 24.4 Å². The minimum Gasteiger partial charge on any atom is -0.272 e. The van der Waals surface area contributed by atoms with Crippen LogP contribution < -0.4 is 5.43 Å². The Bertz CT molecular complexity index is 203. The second-order valence-corrected chi connectivity index (χ2v) is 2.81. The second-order valence-electron chi connectivity index (χ2n) is 2.81. The normalized spacial score (nSPS) is 10.2. The molecule has 0 bridgehead atoms. The zero-order chi connectivity index (χ0) is 9.40. The number of hydrogen-bond acceptors (Lipinski definition) is 3. The van der Waals surface area contributed by atoms with Crippen LogP contribution in [-0.2, 0) is 4.79 Å². The summed E-state index contributed by atoms with van der Waals surface area (Å²) < 4.78 is 0. The summed E-state index contributed by atoms with van der Waals surface area (Å²) in [5.74, 6) is 0.166. The first-order valence-corrected chi connectivity index (χ1v) is 3.84. The van der Waals surface area contributed by atoms with Crippen LogP contribution in [0.2, 0.25) is 0 Å². The summed E-state index contributed by atoms with van der Waals surface area (Å²) in [4.78, 5) is 10.6. The fourth-order valence-corrected chi connectivity index (χ4v) is 0.492. The predicted octanol–water partition coefficient (Wildman–Crippen LogP) is 1.05. The van der Waals surface area contributed by atoms with Crippen LogP contribution in [0.1, 0.15) is 26.7 Å². The van der Waals surface area contributed by atoms with Crippen LogP contribution in [0.15, 0.2) is 5.10 Å². The topological polar surface area (TPSA) is 65.2 Å². The van der Waals surface area contributed by atoms with Crippen molar-refractivity contribution in [2.75, 3.05) is 0 Å². The van der Waals surface area contributed by atoms with Gasteiger partial charge < -0.3 is 0 Å². The van der Waals surface area contributed by atoms with Crippen LogP contribution in [0.3, 0.4) is 0 Å². The second kappa shape index (κ2) is 6.35. The zero-order valence-electron chi connectivity index (χ0n) is 7.37. The van der Waals surface area contributed by atoms with E-state index in [9.17, 15) is 4.79 Å². The highest BCUT2D eigenvalue weighted by Gasteiger charge is 1.95. The van der Waals surface area contributed by atoms with Gasteiger partial charge in [0.1, 0.15) is 6.42 Å². The van der Waals surface area contributed by atoms with Gasteiger partial charge in [-0.15, -0.1) is 0 Å². The third-order valence-electron chi connectivity index (χ3n) is 1.10. The fraction of sp³-hybridized carbons (Fsp3) is 0.625. The molecule has 0 heterocycles. The van der Waals surface area contributed by atoms with E-state index in [0.717, 1.165) is 6.42 Å². The van der Waals surface area contributed by atoms with Crippen molar-refractivity contribution in [3.8, 4) is 6.07 Å². The van der Waals surface area contributed by atoms with Crippen LogP contribution in [0, 0.1) is 17.2 Å². The molecule has 0 aliphatic rings. The molecule has 0 saturated carbocycles. The molecular formula is C8H13N3O. The number of amides is 1. The van der Waals surface area contributed by atoms with Gasteiger partial charge in [-0.3, -0.25) is 4.79 Å². The first-order chi connectivity index (χ1) is 5.66. The number of hydrazone groups is 1. The lowest BCUT2D eigenvalue weighted by atomic mass is 10.2. The number of nitrogens with one attached hydrogen (secondary N) is 1. The van der Waals surface area contributed by atoms with Gasteiger partial charge >= 0.3 is 0 Å². The van der Waals surface area contributed by atoms with Gasteiger partial charge in [0.05, 0.1) is 6.07 Å². The SMILES string of the molecule is CC(C)C/C=N/NC(=O)CC#N. The lowest BCUT2D eigenvalue weighted by Gasteiger charge is -1.96. The number of hydrogen-bond donors (Lipinski definition) is 1. The molecule has 0 aliphatic carbocycles. The van der Waals surface area contributed by atoms with Gasteiger partial charge in [0, 0.05) is 6.21 Å². The summed E-state index contributed by atoms with van der Waals surface area (Å²) in [6, 6.07) is 1.73. The van der Waals surface area contributed by atoms with Crippen LogP contribution >= 0.6 is 0 Å². The summed E-state index contributed by atoms with van der Waals surface area (Å²) in [6.07, 6.45) is 2.33. The van der Waals surface area contributed by atoms with Crippen molar-refractivity contribution in [3.63, 3.8) is 0 Å². The molecule has 0 fully saturated rings. The van der Waals surface area contributed by atoms with Crippen molar-refractivity contribution < 1.29 is 4.79 Å². The number of nitriles is 1. The highest BCUT2D eigenvalue weighted by molar-refractivity contribution is 5.78. The van der Waals surface area contributed by atoms with E-state index < -0.39 is 0 Å². The number of carbonyl (C=O) groups is 1. The minimum atomic E-state index is -0.363. The first-order valence-electron chi connectivity index (χ1n) is 3.84. The lowest BCUT2D eigenvalue weighted by Crippen LogP contribution is -2.16. The first kappa shape index (κ1) is 10.6. The van der Waals surface area contributed by atoms with E-state index in [0.29, 0.717) is 5.92 Å². The van der Waals surface area contributed by atoms with Crippen molar-refractivity contribution in [2.45, 2.75) is 26.7 Å². The number of rotatable bonds is 4. The van der Waals surface area contributed by atoms with Gasteiger partial charge in [-0.05, 0) is 12.3 Å². The van der Waals surface area contributed by atoms with E-state index in [-0.39, 0.29) is 12.3 Å². The average molecular weight is 167 g/mol. The Hall–Kier alpha value is -1.37. The van der Waals surface area contributed by atoms with E-state index in [1.807, 2.05) is 0 Å². The molecule has 66 valence electrons. The summed E-state index contributed by atoms with van der Waals surface area (Å²) in [6.45, 7) is 4.12. The molecule has 0 spiro atoms. The molecular weight excluding hydrogens is 154 g/mol. The van der Waals surface area contributed by atoms with Gasteiger partial charge in [-0.1, -0.05) is 13.8 Å². The molecule has 0 aliphatic heterocycles. The Morgan fingerprint density at radius 3 is 2.92 bits per heavy atom. The molecule has 0 unspecified atom stereocenters. The van der Waals surface area contributed by atoms with Crippen LogP contribution in [0.25, 0.3) is 0 Å². The molecule has 0 saturated heterocycles. The predicted molar refractivity (Wildman–Crippen MR) is 46.3 cm³/mol. The molecule has 0 aromatic rings. The summed E-state index contributed by atoms with van der Waals surface area (Å²) in [7, 11) is 0. The number of carbonyl (C=O) groups excluding carboxylic acids is 1. The van der Waals surface area contributed by atoms with Gasteiger partial charge in [0.25, 0.3) is 5.91 Å². The molecule has 0 aromatic carbocycles. The van der Waals surface area contributed by atoms with Gasteiger partial charge in [0.15, 0.2) is 0 Å². The van der Waals surface area contributed by atoms with Crippen molar-refractivity contribution in [3.05, 3.63) is 0 Å². The summed E-state index contributed by atoms with van der Waals surface area (Å²) in [5.41, 5.74) is 2.25. The van der Waals surface area contributed by atoms with Crippen LogP contribution in [0.4, 0.5) is 0 Å². The third kappa shape index (κ3) is 6.75. The van der Waals surface area contributed by atoms with Crippen LogP contribution in [-0.4, -0.2) is 12.1 Å². The van der Waals surface area contributed by atoms with Crippen molar-refractivity contribution in [2.24, 2.45) is 11.0 Å². The Labute approximate surface area is 72.3 Å². The largest absolute Gasteiger partial charge is 0.272 e. The molecule has 1 amide bonds. The standard InChI is InChI=1S/C8H13N3O/c1-7(2)4-6-10-11-8(12)3-5-9/h6-7H,3-4H2,1-2H3,(H,11,12)/b10-6+. The lowest BCUT2D eigenvalue weighted by molar-refractivity contribution is -0.120. The van der Waals surface area contributed by atoms with Crippen molar-refractivity contribution in [1.29, 1.82) is 5.26 Å². The maximum Gasteiger partial charge on any atom is 0.254 e.